The molecule has 3 amide bonds. The minimum Gasteiger partial charge on any atom is -0.494 e. The Morgan fingerprint density at radius 1 is 1.12 bits per heavy atom. The summed E-state index contributed by atoms with van der Waals surface area (Å²) in [5.74, 6) is 1.34. The quantitative estimate of drug-likeness (QED) is 0.600. The van der Waals surface area contributed by atoms with Crippen LogP contribution in [-0.4, -0.2) is 31.6 Å². The fourth-order valence-corrected chi connectivity index (χ4v) is 3.12. The molecule has 0 spiro atoms. The van der Waals surface area contributed by atoms with E-state index >= 15 is 0 Å². The largest absolute Gasteiger partial charge is 0.494 e. The van der Waals surface area contributed by atoms with Gasteiger partial charge in [0.1, 0.15) is 5.75 Å². The molecule has 6 nitrogen and oxygen atoms in total. The van der Waals surface area contributed by atoms with Crippen LogP contribution in [0.2, 0.25) is 0 Å². The van der Waals surface area contributed by atoms with Gasteiger partial charge in [-0.25, -0.2) is 4.79 Å². The molecule has 0 aliphatic heterocycles. The number of amides is 3. The third-order valence-corrected chi connectivity index (χ3v) is 4.41. The van der Waals surface area contributed by atoms with Crippen molar-refractivity contribution in [3.63, 3.8) is 0 Å². The van der Waals surface area contributed by atoms with Gasteiger partial charge in [-0.1, -0.05) is 25.7 Å². The van der Waals surface area contributed by atoms with Gasteiger partial charge in [0.15, 0.2) is 0 Å². The van der Waals surface area contributed by atoms with Crippen molar-refractivity contribution in [2.75, 3.05) is 25.0 Å². The van der Waals surface area contributed by atoms with E-state index in [1.54, 1.807) is 24.3 Å². The third-order valence-electron chi connectivity index (χ3n) is 4.41. The molecule has 2 rings (SSSR count). The summed E-state index contributed by atoms with van der Waals surface area (Å²) in [7, 11) is 0. The molecule has 0 atom stereocenters. The Bertz CT molecular complexity index is 539. The molecule has 0 radical (unpaired) electrons. The summed E-state index contributed by atoms with van der Waals surface area (Å²) in [4.78, 5) is 23.5. The molecule has 0 aromatic heterocycles. The molecule has 3 N–H and O–H groups in total. The standard InChI is InChI=1S/C19H29N3O3/c1-2-25-17-11-9-16(10-12-17)22-18(23)14-21-19(24)20-13-5-8-15-6-3-4-7-15/h9-12,15H,2-8,13-14H2,1H3,(H,22,23)(H2,20,21,24). The van der Waals surface area contributed by atoms with Crippen LogP contribution in [0.5, 0.6) is 5.75 Å². The van der Waals surface area contributed by atoms with Gasteiger partial charge in [0.05, 0.1) is 13.2 Å². The lowest BCUT2D eigenvalue weighted by Crippen LogP contribution is -2.40. The molecule has 1 aliphatic carbocycles. The highest BCUT2D eigenvalue weighted by molar-refractivity contribution is 5.94. The molecule has 1 fully saturated rings. The summed E-state index contributed by atoms with van der Waals surface area (Å²) in [6, 6.07) is 6.83. The van der Waals surface area contributed by atoms with E-state index in [0.717, 1.165) is 18.1 Å². The predicted octanol–water partition coefficient (Wildman–Crippen LogP) is 3.29. The highest BCUT2D eigenvalue weighted by Crippen LogP contribution is 2.28. The highest BCUT2D eigenvalue weighted by atomic mass is 16.5. The number of hydrogen-bond donors (Lipinski definition) is 3. The fraction of sp³-hybridized carbons (Fsp3) is 0.579. The van der Waals surface area contributed by atoms with Crippen LogP contribution >= 0.6 is 0 Å². The summed E-state index contributed by atoms with van der Waals surface area (Å²) < 4.78 is 5.35. The molecule has 6 heteroatoms. The van der Waals surface area contributed by atoms with Gasteiger partial charge in [-0.15, -0.1) is 0 Å². The first-order chi connectivity index (χ1) is 12.2. The summed E-state index contributed by atoms with van der Waals surface area (Å²) in [6.07, 6.45) is 7.54. The monoisotopic (exact) mass is 347 g/mol. The summed E-state index contributed by atoms with van der Waals surface area (Å²) in [5.41, 5.74) is 0.673. The average Bonchev–Trinajstić information content (AvgIpc) is 3.12. The van der Waals surface area contributed by atoms with E-state index in [2.05, 4.69) is 16.0 Å². The van der Waals surface area contributed by atoms with Gasteiger partial charge < -0.3 is 20.7 Å². The second-order valence-corrected chi connectivity index (χ2v) is 6.41. The summed E-state index contributed by atoms with van der Waals surface area (Å²) in [5, 5.41) is 8.11. The van der Waals surface area contributed by atoms with Gasteiger partial charge in [-0.2, -0.15) is 0 Å². The molecule has 138 valence electrons. The van der Waals surface area contributed by atoms with Crippen LogP contribution in [0, 0.1) is 5.92 Å². The lowest BCUT2D eigenvalue weighted by molar-refractivity contribution is -0.115. The van der Waals surface area contributed by atoms with Crippen LogP contribution in [0.1, 0.15) is 45.4 Å². The van der Waals surface area contributed by atoms with E-state index in [1.165, 1.54) is 32.1 Å². The molecule has 1 saturated carbocycles. The number of nitrogens with one attached hydrogen (secondary N) is 3. The molecule has 1 aromatic carbocycles. The van der Waals surface area contributed by atoms with Crippen molar-refractivity contribution in [3.05, 3.63) is 24.3 Å². The smallest absolute Gasteiger partial charge is 0.315 e. The van der Waals surface area contributed by atoms with E-state index < -0.39 is 0 Å². The molecular weight excluding hydrogens is 318 g/mol. The summed E-state index contributed by atoms with van der Waals surface area (Å²) >= 11 is 0. The zero-order valence-electron chi connectivity index (χ0n) is 15.0. The average molecular weight is 347 g/mol. The molecule has 0 unspecified atom stereocenters. The normalized spacial score (nSPS) is 14.1. The van der Waals surface area contributed by atoms with Crippen LogP contribution in [0.15, 0.2) is 24.3 Å². The maximum atomic E-state index is 11.8. The zero-order chi connectivity index (χ0) is 17.9. The molecule has 0 heterocycles. The minimum atomic E-state index is -0.298. The van der Waals surface area contributed by atoms with Gasteiger partial charge in [0.25, 0.3) is 0 Å². The van der Waals surface area contributed by atoms with E-state index in [9.17, 15) is 9.59 Å². The lowest BCUT2D eigenvalue weighted by Gasteiger charge is -2.10. The first-order valence-electron chi connectivity index (χ1n) is 9.21. The zero-order valence-corrected chi connectivity index (χ0v) is 15.0. The SMILES string of the molecule is CCOc1ccc(NC(=O)CNC(=O)NCCCC2CCCC2)cc1. The van der Waals surface area contributed by atoms with Crippen molar-refractivity contribution >= 4 is 17.6 Å². The van der Waals surface area contributed by atoms with E-state index in [-0.39, 0.29) is 18.5 Å². The topological polar surface area (TPSA) is 79.5 Å². The maximum Gasteiger partial charge on any atom is 0.315 e. The molecular formula is C19H29N3O3. The number of carbonyl (C=O) groups excluding carboxylic acids is 2. The van der Waals surface area contributed by atoms with Gasteiger partial charge in [0.2, 0.25) is 5.91 Å². The van der Waals surface area contributed by atoms with Crippen LogP contribution in [0.3, 0.4) is 0 Å². The minimum absolute atomic E-state index is 0.0539. The maximum absolute atomic E-state index is 11.8. The van der Waals surface area contributed by atoms with Gasteiger partial charge >= 0.3 is 6.03 Å². The number of carbonyl (C=O) groups is 2. The van der Waals surface area contributed by atoms with Crippen molar-refractivity contribution in [2.24, 2.45) is 5.92 Å². The molecule has 1 aromatic rings. The van der Waals surface area contributed by atoms with E-state index in [4.69, 9.17) is 4.74 Å². The van der Waals surface area contributed by atoms with Gasteiger partial charge in [0, 0.05) is 12.2 Å². The Morgan fingerprint density at radius 3 is 2.52 bits per heavy atom. The number of ether oxygens (including phenoxy) is 1. The van der Waals surface area contributed by atoms with Gasteiger partial charge in [-0.05, 0) is 49.9 Å². The molecule has 0 bridgehead atoms. The van der Waals surface area contributed by atoms with Crippen LogP contribution in [-0.2, 0) is 4.79 Å². The van der Waals surface area contributed by atoms with Crippen molar-refractivity contribution < 1.29 is 14.3 Å². The van der Waals surface area contributed by atoms with Crippen LogP contribution in [0.25, 0.3) is 0 Å². The Labute approximate surface area is 149 Å². The van der Waals surface area contributed by atoms with E-state index in [0.29, 0.717) is 18.8 Å². The second-order valence-electron chi connectivity index (χ2n) is 6.41. The Balaban J connectivity index is 1.56. The number of hydrogen-bond acceptors (Lipinski definition) is 3. The number of rotatable bonds is 9. The van der Waals surface area contributed by atoms with E-state index in [1.807, 2.05) is 6.92 Å². The third kappa shape index (κ3) is 7.45. The lowest BCUT2D eigenvalue weighted by atomic mass is 10.0. The second kappa shape index (κ2) is 10.6. The number of urea groups is 1. The fourth-order valence-electron chi connectivity index (χ4n) is 3.12. The molecule has 1 aliphatic rings. The Kier molecular flexibility index (Phi) is 8.09. The Morgan fingerprint density at radius 2 is 1.84 bits per heavy atom. The van der Waals surface area contributed by atoms with Crippen LogP contribution in [0.4, 0.5) is 10.5 Å². The number of benzene rings is 1. The highest BCUT2D eigenvalue weighted by Gasteiger charge is 2.14. The Hall–Kier alpha value is -2.24. The summed E-state index contributed by atoms with van der Waals surface area (Å²) in [6.45, 7) is 3.12. The molecule has 0 saturated heterocycles. The predicted molar refractivity (Wildman–Crippen MR) is 98.8 cm³/mol. The number of anilines is 1. The van der Waals surface area contributed by atoms with Crippen molar-refractivity contribution in [1.29, 1.82) is 0 Å². The molecule has 25 heavy (non-hydrogen) atoms. The van der Waals surface area contributed by atoms with Crippen molar-refractivity contribution in [1.82, 2.24) is 10.6 Å². The van der Waals surface area contributed by atoms with Crippen molar-refractivity contribution in [2.45, 2.75) is 45.4 Å². The van der Waals surface area contributed by atoms with Crippen LogP contribution < -0.4 is 20.7 Å². The first kappa shape index (κ1) is 19.1. The van der Waals surface area contributed by atoms with Gasteiger partial charge in [-0.3, -0.25) is 4.79 Å². The first-order valence-corrected chi connectivity index (χ1v) is 9.21. The van der Waals surface area contributed by atoms with Crippen molar-refractivity contribution in [3.8, 4) is 5.75 Å².